The van der Waals surface area contributed by atoms with Gasteiger partial charge in [-0.1, -0.05) is 18.2 Å². The lowest BCUT2D eigenvalue weighted by Crippen LogP contribution is -2.51. The fourth-order valence-electron chi connectivity index (χ4n) is 3.92. The van der Waals surface area contributed by atoms with Gasteiger partial charge in [0.05, 0.1) is 6.54 Å². The Bertz CT molecular complexity index is 844. The van der Waals surface area contributed by atoms with Crippen molar-refractivity contribution in [3.05, 3.63) is 48.0 Å². The number of rotatable bonds is 5. The summed E-state index contributed by atoms with van der Waals surface area (Å²) in [7, 11) is 0. The Morgan fingerprint density at radius 2 is 1.37 bits per heavy atom. The fourth-order valence-corrected chi connectivity index (χ4v) is 3.92. The summed E-state index contributed by atoms with van der Waals surface area (Å²) < 4.78 is 0. The van der Waals surface area contributed by atoms with E-state index in [1.165, 1.54) is 19.3 Å². The van der Waals surface area contributed by atoms with Crippen LogP contribution in [0.4, 0.5) is 11.6 Å². The van der Waals surface area contributed by atoms with Gasteiger partial charge in [-0.25, -0.2) is 0 Å². The largest absolute Gasteiger partial charge is 0.355 e. The van der Waals surface area contributed by atoms with Crippen LogP contribution in [-0.4, -0.2) is 72.7 Å². The molecule has 0 atom stereocenters. The average molecular weight is 409 g/mol. The molecule has 1 N–H and O–H groups in total. The molecule has 0 aliphatic carbocycles. The highest BCUT2D eigenvalue weighted by molar-refractivity contribution is 5.96. The zero-order valence-corrected chi connectivity index (χ0v) is 17.2. The fraction of sp³-hybridized carbons (Fsp3) is 0.455. The zero-order chi connectivity index (χ0) is 20.8. The van der Waals surface area contributed by atoms with Crippen molar-refractivity contribution < 1.29 is 9.59 Å². The van der Waals surface area contributed by atoms with Crippen LogP contribution in [0.3, 0.4) is 0 Å². The predicted octanol–water partition coefficient (Wildman–Crippen LogP) is 1.55. The number of nitrogens with zero attached hydrogens (tertiary/aromatic N) is 5. The van der Waals surface area contributed by atoms with Crippen LogP contribution in [0.15, 0.2) is 42.5 Å². The van der Waals surface area contributed by atoms with Crippen LogP contribution in [0.2, 0.25) is 0 Å². The summed E-state index contributed by atoms with van der Waals surface area (Å²) in [5, 5.41) is 11.5. The number of nitrogens with one attached hydrogen (secondary N) is 1. The smallest absolute Gasteiger partial charge is 0.251 e. The predicted molar refractivity (Wildman–Crippen MR) is 116 cm³/mol. The standard InChI is InChI=1S/C22H28N6O2/c29-21(17-23-22(30)18-7-3-1-4-8-18)28-15-13-27(14-16-28)20-10-9-19(24-25-20)26-11-5-2-6-12-26/h1,3-4,7-10H,2,5-6,11-17H2,(H,23,30). The van der Waals surface area contributed by atoms with Crippen LogP contribution in [0.5, 0.6) is 0 Å². The summed E-state index contributed by atoms with van der Waals surface area (Å²) in [5.74, 6) is 1.50. The molecule has 1 aromatic carbocycles. The topological polar surface area (TPSA) is 81.7 Å². The van der Waals surface area contributed by atoms with Gasteiger partial charge in [0, 0.05) is 44.8 Å². The van der Waals surface area contributed by atoms with Gasteiger partial charge in [0.15, 0.2) is 11.6 Å². The molecule has 2 fully saturated rings. The van der Waals surface area contributed by atoms with Crippen molar-refractivity contribution in [3.63, 3.8) is 0 Å². The van der Waals surface area contributed by atoms with Crippen LogP contribution < -0.4 is 15.1 Å². The third-order valence-electron chi connectivity index (χ3n) is 5.71. The lowest BCUT2D eigenvalue weighted by molar-refractivity contribution is -0.130. The number of aromatic nitrogens is 2. The van der Waals surface area contributed by atoms with Crippen LogP contribution in [-0.2, 0) is 4.79 Å². The summed E-state index contributed by atoms with van der Waals surface area (Å²) in [6.07, 6.45) is 3.72. The molecule has 4 rings (SSSR count). The number of hydrogen-bond donors (Lipinski definition) is 1. The Balaban J connectivity index is 1.24. The molecule has 0 saturated carbocycles. The number of amides is 2. The second-order valence-corrected chi connectivity index (χ2v) is 7.71. The number of carbonyl (C=O) groups is 2. The minimum Gasteiger partial charge on any atom is -0.355 e. The maximum absolute atomic E-state index is 12.5. The maximum Gasteiger partial charge on any atom is 0.251 e. The molecule has 158 valence electrons. The molecule has 3 heterocycles. The molecule has 1 aromatic heterocycles. The van der Waals surface area contributed by atoms with E-state index in [1.54, 1.807) is 29.2 Å². The molecule has 0 spiro atoms. The first-order chi connectivity index (χ1) is 14.7. The van der Waals surface area contributed by atoms with E-state index in [2.05, 4.69) is 25.3 Å². The first-order valence-electron chi connectivity index (χ1n) is 10.7. The molecule has 0 radical (unpaired) electrons. The lowest BCUT2D eigenvalue weighted by atomic mass is 10.1. The summed E-state index contributed by atoms with van der Waals surface area (Å²) >= 11 is 0. The van der Waals surface area contributed by atoms with Gasteiger partial charge < -0.3 is 20.0 Å². The number of carbonyl (C=O) groups excluding carboxylic acids is 2. The van der Waals surface area contributed by atoms with Crippen molar-refractivity contribution in [3.8, 4) is 0 Å². The molecule has 8 nitrogen and oxygen atoms in total. The highest BCUT2D eigenvalue weighted by atomic mass is 16.2. The van der Waals surface area contributed by atoms with Crippen molar-refractivity contribution >= 4 is 23.5 Å². The zero-order valence-electron chi connectivity index (χ0n) is 17.2. The summed E-state index contributed by atoms with van der Waals surface area (Å²) in [6.45, 7) is 4.74. The van der Waals surface area contributed by atoms with E-state index in [1.807, 2.05) is 18.2 Å². The average Bonchev–Trinajstić information content (AvgIpc) is 2.83. The van der Waals surface area contributed by atoms with Crippen molar-refractivity contribution in [1.29, 1.82) is 0 Å². The quantitative estimate of drug-likeness (QED) is 0.808. The van der Waals surface area contributed by atoms with Gasteiger partial charge in [-0.15, -0.1) is 10.2 Å². The second-order valence-electron chi connectivity index (χ2n) is 7.71. The normalized spacial score (nSPS) is 17.0. The molecular weight excluding hydrogens is 380 g/mol. The molecule has 0 unspecified atom stereocenters. The van der Waals surface area contributed by atoms with E-state index in [4.69, 9.17) is 0 Å². The van der Waals surface area contributed by atoms with E-state index in [9.17, 15) is 9.59 Å². The van der Waals surface area contributed by atoms with Crippen LogP contribution in [0.1, 0.15) is 29.6 Å². The SMILES string of the molecule is O=C(NCC(=O)N1CCN(c2ccc(N3CCCCC3)nn2)CC1)c1ccccc1. The first-order valence-corrected chi connectivity index (χ1v) is 10.7. The number of piperazine rings is 1. The number of benzene rings is 1. The molecule has 2 aliphatic rings. The summed E-state index contributed by atoms with van der Waals surface area (Å²) in [4.78, 5) is 30.8. The highest BCUT2D eigenvalue weighted by Gasteiger charge is 2.23. The Morgan fingerprint density at radius 1 is 0.767 bits per heavy atom. The van der Waals surface area contributed by atoms with E-state index in [0.717, 1.165) is 24.7 Å². The number of hydrogen-bond acceptors (Lipinski definition) is 6. The van der Waals surface area contributed by atoms with Gasteiger partial charge in [-0.05, 0) is 43.5 Å². The van der Waals surface area contributed by atoms with Gasteiger partial charge >= 0.3 is 0 Å². The Morgan fingerprint density at radius 3 is 1.97 bits per heavy atom. The van der Waals surface area contributed by atoms with Gasteiger partial charge in [0.2, 0.25) is 5.91 Å². The van der Waals surface area contributed by atoms with Crippen molar-refractivity contribution in [2.75, 3.05) is 55.6 Å². The highest BCUT2D eigenvalue weighted by Crippen LogP contribution is 2.19. The van der Waals surface area contributed by atoms with E-state index >= 15 is 0 Å². The van der Waals surface area contributed by atoms with Crippen molar-refractivity contribution in [1.82, 2.24) is 20.4 Å². The van der Waals surface area contributed by atoms with E-state index in [0.29, 0.717) is 31.7 Å². The third kappa shape index (κ3) is 4.87. The van der Waals surface area contributed by atoms with Crippen molar-refractivity contribution in [2.45, 2.75) is 19.3 Å². The number of piperidine rings is 1. The Hall–Kier alpha value is -3.16. The molecule has 2 amide bonds. The van der Waals surface area contributed by atoms with Gasteiger partial charge in [-0.3, -0.25) is 9.59 Å². The minimum absolute atomic E-state index is 0.0120. The minimum atomic E-state index is -0.230. The first kappa shape index (κ1) is 20.1. The van der Waals surface area contributed by atoms with Crippen LogP contribution >= 0.6 is 0 Å². The van der Waals surface area contributed by atoms with E-state index in [-0.39, 0.29) is 18.4 Å². The molecule has 2 saturated heterocycles. The van der Waals surface area contributed by atoms with Gasteiger partial charge in [0.1, 0.15) is 0 Å². The van der Waals surface area contributed by atoms with Gasteiger partial charge in [-0.2, -0.15) is 0 Å². The third-order valence-corrected chi connectivity index (χ3v) is 5.71. The Kier molecular flexibility index (Phi) is 6.41. The summed E-state index contributed by atoms with van der Waals surface area (Å²) in [5.41, 5.74) is 0.557. The molecule has 8 heteroatoms. The second kappa shape index (κ2) is 9.56. The molecule has 2 aliphatic heterocycles. The molecular formula is C22H28N6O2. The number of anilines is 2. The molecule has 30 heavy (non-hydrogen) atoms. The lowest BCUT2D eigenvalue weighted by Gasteiger charge is -2.35. The molecule has 0 bridgehead atoms. The summed E-state index contributed by atoms with van der Waals surface area (Å²) in [6, 6.07) is 13.0. The van der Waals surface area contributed by atoms with Gasteiger partial charge in [0.25, 0.3) is 5.91 Å². The van der Waals surface area contributed by atoms with Crippen LogP contribution in [0, 0.1) is 0 Å². The van der Waals surface area contributed by atoms with E-state index < -0.39 is 0 Å². The monoisotopic (exact) mass is 408 g/mol. The maximum atomic E-state index is 12.5. The van der Waals surface area contributed by atoms with Crippen molar-refractivity contribution in [2.24, 2.45) is 0 Å². The van der Waals surface area contributed by atoms with Crippen LogP contribution in [0.25, 0.3) is 0 Å². The Labute approximate surface area is 176 Å². The molecule has 2 aromatic rings.